The number of thiophene rings is 2. The third-order valence-corrected chi connectivity index (χ3v) is 11.1. The van der Waals surface area contributed by atoms with E-state index in [4.69, 9.17) is 21.5 Å². The summed E-state index contributed by atoms with van der Waals surface area (Å²) in [6, 6.07) is 21.6. The summed E-state index contributed by atoms with van der Waals surface area (Å²) >= 11 is 3.15. The van der Waals surface area contributed by atoms with Gasteiger partial charge in [-0.25, -0.2) is 9.98 Å². The van der Waals surface area contributed by atoms with Gasteiger partial charge in [-0.1, -0.05) is 31.2 Å². The van der Waals surface area contributed by atoms with Gasteiger partial charge in [0.15, 0.2) is 11.9 Å². The first-order valence-corrected chi connectivity index (χ1v) is 16.6. The van der Waals surface area contributed by atoms with Crippen LogP contribution in [0.5, 0.6) is 5.75 Å². The second-order valence-electron chi connectivity index (χ2n) is 11.9. The fourth-order valence-electron chi connectivity index (χ4n) is 5.47. The highest BCUT2D eigenvalue weighted by atomic mass is 32.1. The van der Waals surface area contributed by atoms with Crippen molar-refractivity contribution in [2.24, 2.45) is 27.4 Å². The molecule has 2 aliphatic heterocycles. The molecule has 12 heteroatoms. The quantitative estimate of drug-likeness (QED) is 0.277. The number of aliphatic imine (C=N–C) groups is 2. The van der Waals surface area contributed by atoms with Crippen molar-refractivity contribution in [1.82, 2.24) is 9.80 Å². The highest BCUT2D eigenvalue weighted by Crippen LogP contribution is 2.42. The first kappa shape index (κ1) is 33.4. The number of nitriles is 1. The Kier molecular flexibility index (Phi) is 9.25. The number of ether oxygens (including phenoxy) is 1. The zero-order chi connectivity index (χ0) is 34.1. The van der Waals surface area contributed by atoms with E-state index in [2.05, 4.69) is 27.5 Å². The van der Waals surface area contributed by atoms with Crippen LogP contribution in [0, 0.1) is 17.2 Å². The average Bonchev–Trinajstić information content (AvgIpc) is 3.78. The standard InChI is InChI=1S/C18H18N4OS.C17H19N3O2S/c1-11-16(23)22(3)17(20)21-18(11,2)15-8-14(10-24-15)13-6-4-5-12(7-13)9-19;1-17(9-15(21)20(2)16(18)19-17)14-8-12(10-23-14)11-5-4-6-13(7-11)22-3/h4-8,10-11H,1-3H3,(H2,20,21);4-8,10H,9H2,1-3H3,(H2,18,19)/t11-,18-;17-/m00/s1. The van der Waals surface area contributed by atoms with Gasteiger partial charge < -0.3 is 16.2 Å². The third-order valence-electron chi connectivity index (χ3n) is 8.77. The third kappa shape index (κ3) is 6.50. The second-order valence-corrected chi connectivity index (χ2v) is 13.8. The van der Waals surface area contributed by atoms with Crippen LogP contribution in [0.4, 0.5) is 0 Å². The Hall–Kier alpha value is -4.99. The Morgan fingerprint density at radius 2 is 1.47 bits per heavy atom. The molecule has 0 fully saturated rings. The van der Waals surface area contributed by atoms with Crippen molar-refractivity contribution in [2.45, 2.75) is 38.3 Å². The second kappa shape index (κ2) is 13.0. The van der Waals surface area contributed by atoms with E-state index in [1.807, 2.05) is 74.7 Å². The van der Waals surface area contributed by atoms with Gasteiger partial charge in [-0.3, -0.25) is 19.4 Å². The van der Waals surface area contributed by atoms with E-state index in [0.717, 1.165) is 37.8 Å². The van der Waals surface area contributed by atoms with Crippen LogP contribution in [0.2, 0.25) is 0 Å². The monoisotopic (exact) mass is 667 g/mol. The van der Waals surface area contributed by atoms with Crippen LogP contribution < -0.4 is 16.2 Å². The summed E-state index contributed by atoms with van der Waals surface area (Å²) in [5.41, 5.74) is 15.3. The number of carbonyl (C=O) groups is 2. The first-order chi connectivity index (χ1) is 22.3. The Bertz CT molecular complexity index is 1940. The number of guanidine groups is 2. The minimum absolute atomic E-state index is 0.0173. The van der Waals surface area contributed by atoms with E-state index in [1.54, 1.807) is 49.9 Å². The van der Waals surface area contributed by atoms with Crippen molar-refractivity contribution >= 4 is 46.4 Å². The molecule has 47 heavy (non-hydrogen) atoms. The molecule has 0 bridgehead atoms. The number of hydrogen-bond donors (Lipinski definition) is 2. The summed E-state index contributed by atoms with van der Waals surface area (Å²) in [6.07, 6.45) is 0.322. The first-order valence-electron chi connectivity index (χ1n) is 14.9. The van der Waals surface area contributed by atoms with Crippen LogP contribution >= 0.6 is 22.7 Å². The molecule has 0 radical (unpaired) electrons. The van der Waals surface area contributed by atoms with Gasteiger partial charge in [0.2, 0.25) is 11.8 Å². The van der Waals surface area contributed by atoms with Crippen LogP contribution in [0.1, 0.15) is 42.5 Å². The fourth-order valence-corrected chi connectivity index (χ4v) is 7.61. The molecule has 0 spiro atoms. The normalized spacial score (nSPS) is 22.5. The number of nitrogens with zero attached hydrogens (tertiary/aromatic N) is 5. The van der Waals surface area contributed by atoms with Crippen LogP contribution in [0.25, 0.3) is 22.3 Å². The number of nitrogens with two attached hydrogens (primary N) is 2. The lowest BCUT2D eigenvalue weighted by molar-refractivity contribution is -0.133. The summed E-state index contributed by atoms with van der Waals surface area (Å²) in [7, 11) is 4.95. The number of methoxy groups -OCH3 is 1. The number of benzene rings is 2. The van der Waals surface area contributed by atoms with Gasteiger partial charge in [0.05, 0.1) is 31.1 Å². The molecule has 4 heterocycles. The topological polar surface area (TPSA) is 150 Å². The van der Waals surface area contributed by atoms with E-state index in [-0.39, 0.29) is 29.7 Å². The molecule has 242 valence electrons. The molecular formula is C35H37N7O3S2. The van der Waals surface area contributed by atoms with Crippen molar-refractivity contribution < 1.29 is 14.3 Å². The molecule has 2 aliphatic rings. The maximum Gasteiger partial charge on any atom is 0.234 e. The molecule has 0 saturated carbocycles. The average molecular weight is 668 g/mol. The van der Waals surface area contributed by atoms with Crippen molar-refractivity contribution in [1.29, 1.82) is 5.26 Å². The fraction of sp³-hybridized carbons (Fsp3) is 0.286. The SMILES string of the molecule is COc1cccc(-c2csc([C@]3(C)CC(=O)N(C)C(N)=N3)c2)c1.C[C@H]1C(=O)N(C)C(N)=N[C@]1(C)c1cc(-c2cccc(C#N)c2)cs1. The lowest BCUT2D eigenvalue weighted by Crippen LogP contribution is -2.52. The molecule has 6 rings (SSSR count). The van der Waals surface area contributed by atoms with Crippen LogP contribution in [0.3, 0.4) is 0 Å². The van der Waals surface area contributed by atoms with Crippen LogP contribution in [-0.2, 0) is 20.7 Å². The molecule has 4 N–H and O–H groups in total. The van der Waals surface area contributed by atoms with Gasteiger partial charge in [0.25, 0.3) is 0 Å². The largest absolute Gasteiger partial charge is 0.497 e. The maximum absolute atomic E-state index is 12.4. The molecule has 2 aromatic heterocycles. The summed E-state index contributed by atoms with van der Waals surface area (Å²) in [4.78, 5) is 38.5. The number of carbonyl (C=O) groups excluding carboxylic acids is 2. The number of hydrogen-bond acceptors (Lipinski definition) is 10. The molecule has 2 aromatic carbocycles. The number of amides is 2. The van der Waals surface area contributed by atoms with E-state index in [0.29, 0.717) is 12.0 Å². The van der Waals surface area contributed by atoms with Crippen LogP contribution in [0.15, 0.2) is 81.4 Å². The Morgan fingerprint density at radius 3 is 2.11 bits per heavy atom. The Morgan fingerprint density at radius 1 is 0.872 bits per heavy atom. The molecule has 10 nitrogen and oxygen atoms in total. The van der Waals surface area contributed by atoms with Gasteiger partial charge in [0.1, 0.15) is 16.8 Å². The van der Waals surface area contributed by atoms with Crippen molar-refractivity contribution in [2.75, 3.05) is 21.2 Å². The lowest BCUT2D eigenvalue weighted by atomic mass is 9.83. The highest BCUT2D eigenvalue weighted by molar-refractivity contribution is 7.10. The molecule has 3 atom stereocenters. The van der Waals surface area contributed by atoms with Gasteiger partial charge in [-0.15, -0.1) is 22.7 Å². The van der Waals surface area contributed by atoms with Gasteiger partial charge in [-0.05, 0) is 83.3 Å². The molecule has 4 aromatic rings. The molecule has 0 aliphatic carbocycles. The van der Waals surface area contributed by atoms with Gasteiger partial charge >= 0.3 is 0 Å². The predicted molar refractivity (Wildman–Crippen MR) is 188 cm³/mol. The highest BCUT2D eigenvalue weighted by Gasteiger charge is 2.44. The zero-order valence-corrected chi connectivity index (χ0v) is 28.8. The molecule has 2 amide bonds. The number of rotatable bonds is 5. The van der Waals surface area contributed by atoms with E-state index >= 15 is 0 Å². The van der Waals surface area contributed by atoms with Crippen molar-refractivity contribution in [3.63, 3.8) is 0 Å². The summed E-state index contributed by atoms with van der Waals surface area (Å²) in [6.45, 7) is 5.77. The maximum atomic E-state index is 12.4. The smallest absolute Gasteiger partial charge is 0.234 e. The lowest BCUT2D eigenvalue weighted by Gasteiger charge is -2.37. The summed E-state index contributed by atoms with van der Waals surface area (Å²) < 4.78 is 5.27. The van der Waals surface area contributed by atoms with Gasteiger partial charge in [0, 0.05) is 23.8 Å². The minimum Gasteiger partial charge on any atom is -0.497 e. The van der Waals surface area contributed by atoms with Crippen LogP contribution in [-0.4, -0.2) is 54.7 Å². The van der Waals surface area contributed by atoms with Crippen molar-refractivity contribution in [3.8, 4) is 34.1 Å². The minimum atomic E-state index is -0.677. The predicted octanol–water partition coefficient (Wildman–Crippen LogP) is 5.74. The molecule has 0 unspecified atom stereocenters. The summed E-state index contributed by atoms with van der Waals surface area (Å²) in [5.74, 6) is 0.967. The molecule has 0 saturated heterocycles. The summed E-state index contributed by atoms with van der Waals surface area (Å²) in [5, 5.41) is 13.2. The molecular weight excluding hydrogens is 631 g/mol. The van der Waals surface area contributed by atoms with E-state index in [1.165, 1.54) is 9.80 Å². The van der Waals surface area contributed by atoms with Gasteiger partial charge in [-0.2, -0.15) is 5.26 Å². The van der Waals surface area contributed by atoms with E-state index in [9.17, 15) is 9.59 Å². The zero-order valence-electron chi connectivity index (χ0n) is 27.1. The Labute approximate surface area is 282 Å². The van der Waals surface area contributed by atoms with Crippen molar-refractivity contribution in [3.05, 3.63) is 86.7 Å². The van der Waals surface area contributed by atoms with E-state index < -0.39 is 11.1 Å². The Balaban J connectivity index is 0.000000185.